The van der Waals surface area contributed by atoms with Gasteiger partial charge in [-0.1, -0.05) is 19.9 Å². The maximum absolute atomic E-state index is 13.6. The summed E-state index contributed by atoms with van der Waals surface area (Å²) in [5.74, 6) is -9.19. The van der Waals surface area contributed by atoms with Gasteiger partial charge in [-0.25, -0.2) is 23.7 Å². The molecule has 0 radical (unpaired) electrons. The maximum atomic E-state index is 13.6. The van der Waals surface area contributed by atoms with Crippen LogP contribution in [0.5, 0.6) is 5.75 Å². The van der Waals surface area contributed by atoms with E-state index >= 15 is 0 Å². The molecule has 26 heteroatoms. The van der Waals surface area contributed by atoms with Gasteiger partial charge in [0.05, 0.1) is 162 Å². The van der Waals surface area contributed by atoms with Crippen LogP contribution in [-0.4, -0.2) is 215 Å². The lowest BCUT2D eigenvalue weighted by Gasteiger charge is -2.22. The first kappa shape index (κ1) is 66.7. The highest BCUT2D eigenvalue weighted by atomic mass is 19.2. The molecule has 0 fully saturated rings. The molecule has 80 heavy (non-hydrogen) atoms. The third kappa shape index (κ3) is 27.1. The van der Waals surface area contributed by atoms with E-state index in [1.807, 2.05) is 31.9 Å². The lowest BCUT2D eigenvalue weighted by molar-refractivity contribution is -0.136. The molecular formula is C54H78F4N8O14. The van der Waals surface area contributed by atoms with Crippen LogP contribution >= 0.6 is 0 Å². The van der Waals surface area contributed by atoms with E-state index in [0.29, 0.717) is 160 Å². The Morgan fingerprint density at radius 3 is 1.55 bits per heavy atom. The first-order valence-corrected chi connectivity index (χ1v) is 26.7. The van der Waals surface area contributed by atoms with Gasteiger partial charge in [0, 0.05) is 61.9 Å². The lowest BCUT2D eigenvalue weighted by Crippen LogP contribution is -2.34. The number of carbonyl (C=O) groups excluding carboxylic acids is 3. The summed E-state index contributed by atoms with van der Waals surface area (Å²) in [6.45, 7) is 14.7. The van der Waals surface area contributed by atoms with Crippen molar-refractivity contribution in [2.24, 2.45) is 10.7 Å². The van der Waals surface area contributed by atoms with Crippen molar-refractivity contribution in [3.8, 4) is 5.75 Å². The van der Waals surface area contributed by atoms with Crippen LogP contribution in [0.15, 0.2) is 47.2 Å². The number of hydrogen-bond donors (Lipinski definition) is 3. The molecule has 3 aromatic rings. The van der Waals surface area contributed by atoms with Gasteiger partial charge in [0.25, 0.3) is 5.91 Å². The van der Waals surface area contributed by atoms with Crippen LogP contribution in [0.1, 0.15) is 55.5 Å². The number of amidine groups is 1. The van der Waals surface area contributed by atoms with Crippen molar-refractivity contribution in [3.05, 3.63) is 76.6 Å². The number of nitrogens with zero attached hydrogens (tertiary/aromatic N) is 5. The average Bonchev–Trinajstić information content (AvgIpc) is 3.61. The highest BCUT2D eigenvalue weighted by Gasteiger charge is 2.24. The molecule has 4 rings (SSSR count). The largest absolute Gasteiger partial charge is 0.420 e. The van der Waals surface area contributed by atoms with Crippen LogP contribution in [0.25, 0.3) is 6.08 Å². The molecule has 446 valence electrons. The fourth-order valence-corrected chi connectivity index (χ4v) is 7.15. The Hall–Kier alpha value is -5.78. The second-order valence-corrected chi connectivity index (χ2v) is 17.6. The second-order valence-electron chi connectivity index (χ2n) is 17.6. The standard InChI is InChI=1S/C54H78F4N8O14/c1-4-10-66(11-5-2)53(69)42-34-40-6-7-41(35-46(40)64-47(59)36-42)52(68)63-43-38-61-54(62-39-43)60-9-12-65(3)13-15-71-17-19-73-21-23-75-25-27-77-29-31-79-33-32-78-30-28-76-26-24-74-22-20-72-18-16-70-14-8-48(67)80-51-49(57)44(55)37-45(56)50(51)58/h6-7,34-35,37-39H,4-5,8-33,36H2,1-3H3,(H2,59,64)(H,63,68)(H,60,61,62). The molecule has 1 aliphatic rings. The van der Waals surface area contributed by atoms with Crippen molar-refractivity contribution < 1.29 is 84.1 Å². The summed E-state index contributed by atoms with van der Waals surface area (Å²) in [6.07, 6.45) is 6.44. The average molecular weight is 1140 g/mol. The molecule has 0 aliphatic carbocycles. The van der Waals surface area contributed by atoms with Crippen LogP contribution < -0.4 is 21.1 Å². The molecule has 0 unspecified atom stereocenters. The molecule has 1 aliphatic heterocycles. The van der Waals surface area contributed by atoms with E-state index in [1.165, 1.54) is 12.4 Å². The highest BCUT2D eigenvalue weighted by Crippen LogP contribution is 2.29. The van der Waals surface area contributed by atoms with E-state index in [0.717, 1.165) is 31.5 Å². The van der Waals surface area contributed by atoms with Crippen molar-refractivity contribution >= 4 is 47.0 Å². The Morgan fingerprint density at radius 1 is 0.613 bits per heavy atom. The third-order valence-corrected chi connectivity index (χ3v) is 11.2. The number of nitrogens with two attached hydrogens (primary N) is 1. The van der Waals surface area contributed by atoms with Gasteiger partial charge in [0.2, 0.25) is 29.2 Å². The van der Waals surface area contributed by atoms with E-state index in [9.17, 15) is 31.9 Å². The van der Waals surface area contributed by atoms with E-state index in [-0.39, 0.29) is 50.7 Å². The van der Waals surface area contributed by atoms with Gasteiger partial charge in [-0.15, -0.1) is 0 Å². The molecule has 0 atom stereocenters. The lowest BCUT2D eigenvalue weighted by atomic mass is 10.0. The number of carbonyl (C=O) groups is 3. The van der Waals surface area contributed by atoms with Crippen LogP contribution in [0.4, 0.5) is 34.9 Å². The minimum Gasteiger partial charge on any atom is -0.420 e. The summed E-state index contributed by atoms with van der Waals surface area (Å²) in [4.78, 5) is 55.3. The number of esters is 1. The number of aromatic nitrogens is 2. The fraction of sp³-hybridized carbons (Fsp3) is 0.593. The molecule has 22 nitrogen and oxygen atoms in total. The van der Waals surface area contributed by atoms with Gasteiger partial charge < -0.3 is 78.3 Å². The SMILES string of the molecule is CCCN(CCC)C(=O)C1=Cc2ccc(C(=O)Nc3cnc(NCCN(C)CCOCCOCCOCCOCCOCCOCCOCCOCCOCCOCCC(=O)Oc4c(F)c(F)cc(F)c4F)nc3)cc2N=C(N)C1. The first-order valence-electron chi connectivity index (χ1n) is 26.7. The van der Waals surface area contributed by atoms with Crippen LogP contribution in [-0.2, 0) is 57.0 Å². The van der Waals surface area contributed by atoms with E-state index in [1.54, 1.807) is 18.2 Å². The van der Waals surface area contributed by atoms with Gasteiger partial charge in [-0.05, 0) is 38.1 Å². The number of likely N-dealkylation sites (N-methyl/N-ethyl adjacent to an activating group) is 1. The Labute approximate surface area is 464 Å². The Balaban J connectivity index is 0.852. The zero-order chi connectivity index (χ0) is 57.6. The minimum absolute atomic E-state index is 0.0156. The number of fused-ring (bicyclic) bond motifs is 1. The molecule has 0 spiro atoms. The molecule has 2 amide bonds. The quantitative estimate of drug-likeness (QED) is 0.0216. The van der Waals surface area contributed by atoms with Crippen LogP contribution in [0.3, 0.4) is 0 Å². The molecule has 2 aromatic carbocycles. The smallest absolute Gasteiger partial charge is 0.313 e. The molecular weight excluding hydrogens is 1060 g/mol. The predicted octanol–water partition coefficient (Wildman–Crippen LogP) is 5.22. The number of nitrogens with one attached hydrogen (secondary N) is 2. The van der Waals surface area contributed by atoms with Crippen molar-refractivity contribution in [2.75, 3.05) is 183 Å². The van der Waals surface area contributed by atoms with E-state index < -0.39 is 41.4 Å². The summed E-state index contributed by atoms with van der Waals surface area (Å²) in [6, 6.07) is 5.14. The summed E-state index contributed by atoms with van der Waals surface area (Å²) in [5, 5.41) is 6.02. The van der Waals surface area contributed by atoms with Gasteiger partial charge in [0.1, 0.15) is 5.84 Å². The van der Waals surface area contributed by atoms with Crippen molar-refractivity contribution in [2.45, 2.75) is 39.5 Å². The number of aliphatic imine (C=N–C) groups is 1. The van der Waals surface area contributed by atoms with Crippen LogP contribution in [0.2, 0.25) is 0 Å². The second kappa shape index (κ2) is 40.4. The van der Waals surface area contributed by atoms with E-state index in [2.05, 4.69) is 35.2 Å². The summed E-state index contributed by atoms with van der Waals surface area (Å²) >= 11 is 0. The number of benzene rings is 2. The zero-order valence-corrected chi connectivity index (χ0v) is 46.1. The van der Waals surface area contributed by atoms with Crippen molar-refractivity contribution in [1.29, 1.82) is 0 Å². The van der Waals surface area contributed by atoms with E-state index in [4.69, 9.17) is 53.1 Å². The summed E-state index contributed by atoms with van der Waals surface area (Å²) in [5.41, 5.74) is 8.84. The Bertz CT molecular complexity index is 2310. The number of ether oxygens (including phenoxy) is 11. The molecule has 0 saturated carbocycles. The van der Waals surface area contributed by atoms with Crippen molar-refractivity contribution in [1.82, 2.24) is 19.8 Å². The number of hydrogen-bond acceptors (Lipinski definition) is 20. The Kier molecular flexibility index (Phi) is 33.7. The van der Waals surface area contributed by atoms with Gasteiger partial charge in [-0.2, -0.15) is 8.78 Å². The predicted molar refractivity (Wildman–Crippen MR) is 288 cm³/mol. The highest BCUT2D eigenvalue weighted by molar-refractivity contribution is 6.07. The van der Waals surface area contributed by atoms with Crippen molar-refractivity contribution in [3.63, 3.8) is 0 Å². The fourth-order valence-electron chi connectivity index (χ4n) is 7.15. The number of halogens is 4. The van der Waals surface area contributed by atoms with Gasteiger partial charge >= 0.3 is 5.97 Å². The summed E-state index contributed by atoms with van der Waals surface area (Å²) < 4.78 is 113. The topological polar surface area (TPSA) is 247 Å². The zero-order valence-electron chi connectivity index (χ0n) is 46.1. The molecule has 1 aromatic heterocycles. The number of rotatable bonds is 45. The maximum Gasteiger partial charge on any atom is 0.313 e. The normalized spacial score (nSPS) is 12.2. The molecule has 4 N–H and O–H groups in total. The number of amides is 2. The third-order valence-electron chi connectivity index (χ3n) is 11.2. The minimum atomic E-state index is -1.80. The van der Waals surface area contributed by atoms with Gasteiger partial charge in [0.15, 0.2) is 11.6 Å². The number of anilines is 2. The molecule has 2 heterocycles. The van der Waals surface area contributed by atoms with Crippen LogP contribution in [0, 0.1) is 23.3 Å². The monoisotopic (exact) mass is 1140 g/mol. The molecule has 0 bridgehead atoms. The molecule has 0 saturated heterocycles. The summed E-state index contributed by atoms with van der Waals surface area (Å²) in [7, 11) is 2.00. The first-order chi connectivity index (χ1) is 38.9. The van der Waals surface area contributed by atoms with Gasteiger partial charge in [-0.3, -0.25) is 14.4 Å². The Morgan fingerprint density at radius 2 is 1.07 bits per heavy atom.